The number of amides is 2. The second-order valence-electron chi connectivity index (χ2n) is 4.17. The number of rotatable bonds is 2. The third-order valence-corrected chi connectivity index (χ3v) is 2.84. The first-order valence-electron chi connectivity index (χ1n) is 5.76. The van der Waals surface area contributed by atoms with E-state index in [-0.39, 0.29) is 6.03 Å². The van der Waals surface area contributed by atoms with Gasteiger partial charge in [0, 0.05) is 38.4 Å². The van der Waals surface area contributed by atoms with E-state index in [1.54, 1.807) is 9.58 Å². The number of hydrogen-bond acceptors (Lipinski definition) is 3. The molecule has 6 heteroatoms. The number of aromatic nitrogens is 2. The summed E-state index contributed by atoms with van der Waals surface area (Å²) in [5.74, 6) is 0. The zero-order chi connectivity index (χ0) is 12.3. The van der Waals surface area contributed by atoms with Crippen LogP contribution in [0.4, 0.5) is 4.79 Å². The van der Waals surface area contributed by atoms with Gasteiger partial charge in [-0.05, 0) is 6.92 Å². The van der Waals surface area contributed by atoms with Gasteiger partial charge in [0.2, 0.25) is 0 Å². The normalized spacial score (nSPS) is 16.0. The van der Waals surface area contributed by atoms with Crippen molar-refractivity contribution in [3.8, 4) is 0 Å². The number of carbonyl (C=O) groups is 1. The van der Waals surface area contributed by atoms with Gasteiger partial charge in [0.25, 0.3) is 0 Å². The third kappa shape index (κ3) is 2.97. The second kappa shape index (κ2) is 5.18. The maximum atomic E-state index is 11.8. The first kappa shape index (κ1) is 11.9. The molecule has 94 valence electrons. The van der Waals surface area contributed by atoms with Gasteiger partial charge in [-0.3, -0.25) is 4.68 Å². The van der Waals surface area contributed by atoms with E-state index < -0.39 is 0 Å². The monoisotopic (exact) mass is 238 g/mol. The van der Waals surface area contributed by atoms with Crippen LogP contribution >= 0.6 is 0 Å². The molecule has 0 atom stereocenters. The van der Waals surface area contributed by atoms with Gasteiger partial charge in [-0.2, -0.15) is 5.10 Å². The Morgan fingerprint density at radius 3 is 2.82 bits per heavy atom. The van der Waals surface area contributed by atoms with Crippen LogP contribution in [0.2, 0.25) is 0 Å². The molecule has 0 bridgehead atoms. The minimum absolute atomic E-state index is 0.0310. The lowest BCUT2D eigenvalue weighted by molar-refractivity contribution is 0.0531. The van der Waals surface area contributed by atoms with Crippen LogP contribution in [-0.4, -0.2) is 47.0 Å². The van der Waals surface area contributed by atoms with Gasteiger partial charge < -0.3 is 15.0 Å². The Morgan fingerprint density at radius 2 is 2.24 bits per heavy atom. The van der Waals surface area contributed by atoms with Crippen molar-refractivity contribution in [3.63, 3.8) is 0 Å². The maximum Gasteiger partial charge on any atom is 0.317 e. The summed E-state index contributed by atoms with van der Waals surface area (Å²) in [6.07, 6.45) is 1.93. The molecule has 1 aromatic rings. The Hall–Kier alpha value is -1.56. The molecule has 17 heavy (non-hydrogen) atoms. The summed E-state index contributed by atoms with van der Waals surface area (Å²) in [6, 6.07) is -0.0310. The van der Waals surface area contributed by atoms with Crippen molar-refractivity contribution in [1.29, 1.82) is 0 Å². The van der Waals surface area contributed by atoms with Crippen LogP contribution in [-0.2, 0) is 18.3 Å². The van der Waals surface area contributed by atoms with Crippen LogP contribution in [0.3, 0.4) is 0 Å². The number of carbonyl (C=O) groups excluding carboxylic acids is 1. The maximum absolute atomic E-state index is 11.8. The summed E-state index contributed by atoms with van der Waals surface area (Å²) in [6.45, 7) is 5.04. The van der Waals surface area contributed by atoms with Crippen molar-refractivity contribution in [2.45, 2.75) is 13.5 Å². The van der Waals surface area contributed by atoms with Gasteiger partial charge in [-0.15, -0.1) is 0 Å². The molecule has 1 aromatic heterocycles. The molecule has 0 radical (unpaired) electrons. The van der Waals surface area contributed by atoms with Crippen molar-refractivity contribution in [2.24, 2.45) is 7.05 Å². The van der Waals surface area contributed by atoms with Gasteiger partial charge in [-0.25, -0.2) is 4.79 Å². The number of aryl methyl sites for hydroxylation is 2. The molecule has 0 aromatic carbocycles. The van der Waals surface area contributed by atoms with Gasteiger partial charge in [0.1, 0.15) is 0 Å². The predicted molar refractivity (Wildman–Crippen MR) is 62.6 cm³/mol. The summed E-state index contributed by atoms with van der Waals surface area (Å²) in [5, 5.41) is 7.13. The smallest absolute Gasteiger partial charge is 0.317 e. The van der Waals surface area contributed by atoms with E-state index in [4.69, 9.17) is 4.74 Å². The van der Waals surface area contributed by atoms with Crippen LogP contribution in [0.25, 0.3) is 0 Å². The average molecular weight is 238 g/mol. The van der Waals surface area contributed by atoms with E-state index in [0.29, 0.717) is 32.8 Å². The van der Waals surface area contributed by atoms with E-state index >= 15 is 0 Å². The van der Waals surface area contributed by atoms with Crippen LogP contribution in [0, 0.1) is 6.92 Å². The van der Waals surface area contributed by atoms with Crippen LogP contribution in [0.15, 0.2) is 6.20 Å². The van der Waals surface area contributed by atoms with Crippen molar-refractivity contribution in [1.82, 2.24) is 20.0 Å². The summed E-state index contributed by atoms with van der Waals surface area (Å²) in [7, 11) is 1.88. The summed E-state index contributed by atoms with van der Waals surface area (Å²) >= 11 is 0. The molecule has 1 aliphatic heterocycles. The van der Waals surface area contributed by atoms with E-state index in [9.17, 15) is 4.79 Å². The standard InChI is InChI=1S/C11H18N4O2/c1-9-10(8-14(2)13-9)7-12-11(16)15-3-5-17-6-4-15/h8H,3-7H2,1-2H3,(H,12,16). The minimum Gasteiger partial charge on any atom is -0.378 e. The lowest BCUT2D eigenvalue weighted by Crippen LogP contribution is -2.45. The van der Waals surface area contributed by atoms with Crippen LogP contribution < -0.4 is 5.32 Å². The van der Waals surface area contributed by atoms with E-state index in [1.807, 2.05) is 20.2 Å². The molecule has 6 nitrogen and oxygen atoms in total. The zero-order valence-electron chi connectivity index (χ0n) is 10.3. The van der Waals surface area contributed by atoms with Gasteiger partial charge in [0.05, 0.1) is 18.9 Å². The number of morpholine rings is 1. The number of hydrogen-bond donors (Lipinski definition) is 1. The van der Waals surface area contributed by atoms with Crippen molar-refractivity contribution in [3.05, 3.63) is 17.5 Å². The van der Waals surface area contributed by atoms with Gasteiger partial charge >= 0.3 is 6.03 Å². The molecule has 1 N–H and O–H groups in total. The summed E-state index contributed by atoms with van der Waals surface area (Å²) in [5.41, 5.74) is 2.00. The minimum atomic E-state index is -0.0310. The lowest BCUT2D eigenvalue weighted by Gasteiger charge is -2.26. The SMILES string of the molecule is Cc1nn(C)cc1CNC(=O)N1CCOCC1. The Labute approximate surface area is 101 Å². The van der Waals surface area contributed by atoms with Crippen LogP contribution in [0.5, 0.6) is 0 Å². The number of ether oxygens (including phenoxy) is 1. The quantitative estimate of drug-likeness (QED) is 0.804. The van der Waals surface area contributed by atoms with Crippen molar-refractivity contribution < 1.29 is 9.53 Å². The molecule has 1 saturated heterocycles. The molecule has 0 spiro atoms. The number of urea groups is 1. The van der Waals surface area contributed by atoms with Gasteiger partial charge in [-0.1, -0.05) is 0 Å². The molecule has 0 saturated carbocycles. The molecular formula is C11H18N4O2. The Morgan fingerprint density at radius 1 is 1.53 bits per heavy atom. The van der Waals surface area contributed by atoms with Crippen molar-refractivity contribution in [2.75, 3.05) is 26.3 Å². The molecule has 1 aliphatic rings. The second-order valence-corrected chi connectivity index (χ2v) is 4.17. The average Bonchev–Trinajstić information content (AvgIpc) is 2.66. The first-order valence-corrected chi connectivity index (χ1v) is 5.76. The Kier molecular flexibility index (Phi) is 3.63. The molecule has 2 rings (SSSR count). The highest BCUT2D eigenvalue weighted by Gasteiger charge is 2.16. The number of nitrogens with one attached hydrogen (secondary N) is 1. The summed E-state index contributed by atoms with van der Waals surface area (Å²) in [4.78, 5) is 13.6. The Balaban J connectivity index is 1.85. The van der Waals surface area contributed by atoms with Crippen molar-refractivity contribution >= 4 is 6.03 Å². The predicted octanol–water partition coefficient (Wildman–Crippen LogP) is 0.270. The summed E-state index contributed by atoms with van der Waals surface area (Å²) < 4.78 is 6.96. The van der Waals surface area contributed by atoms with Gasteiger partial charge in [0.15, 0.2) is 0 Å². The molecule has 0 unspecified atom stereocenters. The fourth-order valence-corrected chi connectivity index (χ4v) is 1.87. The lowest BCUT2D eigenvalue weighted by atomic mass is 10.3. The fourth-order valence-electron chi connectivity index (χ4n) is 1.87. The Bertz CT molecular complexity index is 396. The topological polar surface area (TPSA) is 59.4 Å². The first-order chi connectivity index (χ1) is 8.16. The largest absolute Gasteiger partial charge is 0.378 e. The number of nitrogens with zero attached hydrogens (tertiary/aromatic N) is 3. The fraction of sp³-hybridized carbons (Fsp3) is 0.636. The van der Waals surface area contributed by atoms with E-state index in [0.717, 1.165) is 11.3 Å². The third-order valence-electron chi connectivity index (χ3n) is 2.84. The van der Waals surface area contributed by atoms with Crippen LogP contribution in [0.1, 0.15) is 11.3 Å². The highest BCUT2D eigenvalue weighted by Crippen LogP contribution is 2.04. The molecule has 1 fully saturated rings. The molecule has 2 amide bonds. The zero-order valence-corrected chi connectivity index (χ0v) is 10.3. The highest BCUT2D eigenvalue weighted by molar-refractivity contribution is 5.74. The highest BCUT2D eigenvalue weighted by atomic mass is 16.5. The molecule has 2 heterocycles. The van der Waals surface area contributed by atoms with E-state index in [2.05, 4.69) is 10.4 Å². The van der Waals surface area contributed by atoms with E-state index in [1.165, 1.54) is 0 Å². The molecular weight excluding hydrogens is 220 g/mol. The molecule has 0 aliphatic carbocycles.